The zero-order valence-corrected chi connectivity index (χ0v) is 13.5. The molecule has 19 heavy (non-hydrogen) atoms. The highest BCUT2D eigenvalue weighted by molar-refractivity contribution is 7.22. The van der Waals surface area contributed by atoms with Crippen LogP contribution in [-0.2, 0) is 12.8 Å². The van der Waals surface area contributed by atoms with Gasteiger partial charge >= 0.3 is 0 Å². The Morgan fingerprint density at radius 3 is 2.63 bits per heavy atom. The van der Waals surface area contributed by atoms with E-state index in [1.54, 1.807) is 17.7 Å². The number of fused-ring (bicyclic) bond motifs is 3. The van der Waals surface area contributed by atoms with Crippen LogP contribution in [0.15, 0.2) is 6.33 Å². The molecule has 4 heteroatoms. The third kappa shape index (κ3) is 3.24. The van der Waals surface area contributed by atoms with Gasteiger partial charge in [0.25, 0.3) is 0 Å². The fraction of sp³-hybridized carbons (Fsp3) is 0.600. The number of nitrogens with zero attached hydrogens (tertiary/aromatic N) is 2. The van der Waals surface area contributed by atoms with Crippen LogP contribution >= 0.6 is 11.3 Å². The lowest BCUT2D eigenvalue weighted by Crippen LogP contribution is -2.09. The van der Waals surface area contributed by atoms with Crippen LogP contribution in [0.25, 0.3) is 10.2 Å². The molecule has 3 rings (SSSR count). The van der Waals surface area contributed by atoms with E-state index in [-0.39, 0.29) is 0 Å². The van der Waals surface area contributed by atoms with Gasteiger partial charge in [-0.1, -0.05) is 46.0 Å². The predicted octanol–water partition coefficient (Wildman–Crippen LogP) is 4.66. The van der Waals surface area contributed by atoms with Gasteiger partial charge in [0, 0.05) is 11.9 Å². The summed E-state index contributed by atoms with van der Waals surface area (Å²) < 4.78 is 0. The maximum Gasteiger partial charge on any atom is 0.129 e. The molecule has 0 spiro atoms. The van der Waals surface area contributed by atoms with Crippen LogP contribution in [0.5, 0.6) is 0 Å². The highest BCUT2D eigenvalue weighted by Gasteiger charge is 2.18. The van der Waals surface area contributed by atoms with E-state index in [0.29, 0.717) is 0 Å². The lowest BCUT2D eigenvalue weighted by molar-refractivity contribution is 0.841. The molecule has 0 fully saturated rings. The summed E-state index contributed by atoms with van der Waals surface area (Å²) in [6.07, 6.45) is 5.06. The number of rotatable bonds is 1. The number of hydrogen-bond acceptors (Lipinski definition) is 4. The van der Waals surface area contributed by atoms with Gasteiger partial charge in [-0.2, -0.15) is 0 Å². The van der Waals surface area contributed by atoms with E-state index in [0.717, 1.165) is 17.8 Å². The van der Waals surface area contributed by atoms with Crippen LogP contribution in [0.4, 0.5) is 5.00 Å². The normalized spacial score (nSPS) is 12.5. The topological polar surface area (TPSA) is 37.8 Å². The number of nitrogens with one attached hydrogen (secondary N) is 1. The molecule has 1 N–H and O–H groups in total. The van der Waals surface area contributed by atoms with Crippen molar-refractivity contribution in [1.82, 2.24) is 9.97 Å². The van der Waals surface area contributed by atoms with Crippen LogP contribution in [0, 0.1) is 0 Å². The summed E-state index contributed by atoms with van der Waals surface area (Å²) in [5.41, 5.74) is 2.64. The number of aryl methyl sites for hydroxylation is 2. The Labute approximate surface area is 120 Å². The van der Waals surface area contributed by atoms with E-state index in [4.69, 9.17) is 0 Å². The van der Waals surface area contributed by atoms with E-state index in [9.17, 15) is 0 Å². The molecular weight excluding hydrogens is 254 g/mol. The quantitative estimate of drug-likeness (QED) is 0.824. The number of thiophene rings is 1. The predicted molar refractivity (Wildman–Crippen MR) is 86.3 cm³/mol. The Morgan fingerprint density at radius 1 is 1.21 bits per heavy atom. The van der Waals surface area contributed by atoms with E-state index in [1.165, 1.54) is 34.5 Å². The highest BCUT2D eigenvalue weighted by atomic mass is 32.1. The molecule has 106 valence electrons. The Balaban J connectivity index is 0.000000415. The monoisotopic (exact) mass is 279 g/mol. The zero-order valence-electron chi connectivity index (χ0n) is 12.7. The Bertz CT molecular complexity index is 505. The summed E-state index contributed by atoms with van der Waals surface area (Å²) in [6, 6.07) is 0. The fourth-order valence-electron chi connectivity index (χ4n) is 2.17. The van der Waals surface area contributed by atoms with Crippen molar-refractivity contribution in [3.05, 3.63) is 17.6 Å². The van der Waals surface area contributed by atoms with E-state index >= 15 is 0 Å². The highest BCUT2D eigenvalue weighted by Crippen LogP contribution is 2.38. The molecule has 0 unspecified atom stereocenters. The third-order valence-electron chi connectivity index (χ3n) is 2.89. The molecule has 3 heterocycles. The van der Waals surface area contributed by atoms with Crippen LogP contribution in [0.2, 0.25) is 0 Å². The Hall–Kier alpha value is -1.16. The molecule has 0 saturated carbocycles. The molecule has 0 aliphatic carbocycles. The van der Waals surface area contributed by atoms with Gasteiger partial charge < -0.3 is 5.32 Å². The SMILES string of the molecule is CC.CC.CCc1ncnc2sc3c(c12)CCCN3. The second kappa shape index (κ2) is 8.10. The molecule has 0 radical (unpaired) electrons. The van der Waals surface area contributed by atoms with E-state index in [2.05, 4.69) is 22.2 Å². The van der Waals surface area contributed by atoms with Crippen LogP contribution in [0.1, 0.15) is 52.3 Å². The second-order valence-corrected chi connectivity index (χ2v) is 4.79. The van der Waals surface area contributed by atoms with Gasteiger partial charge in [-0.25, -0.2) is 9.97 Å². The molecule has 3 nitrogen and oxygen atoms in total. The first-order chi connectivity index (χ1) is 9.40. The average Bonchev–Trinajstić information content (AvgIpc) is 2.90. The molecule has 2 aromatic rings. The summed E-state index contributed by atoms with van der Waals surface area (Å²) in [5.74, 6) is 0. The van der Waals surface area contributed by atoms with Gasteiger partial charge in [0.15, 0.2) is 0 Å². The molecule has 1 aliphatic heterocycles. The first-order valence-corrected chi connectivity index (χ1v) is 8.21. The van der Waals surface area contributed by atoms with Crippen molar-refractivity contribution >= 4 is 26.6 Å². The Morgan fingerprint density at radius 2 is 1.95 bits per heavy atom. The third-order valence-corrected chi connectivity index (χ3v) is 3.99. The average molecular weight is 279 g/mol. The zero-order chi connectivity index (χ0) is 14.3. The maximum atomic E-state index is 4.37. The summed E-state index contributed by atoms with van der Waals surface area (Å²) in [7, 11) is 0. The lowest BCUT2D eigenvalue weighted by atomic mass is 10.0. The Kier molecular flexibility index (Phi) is 6.78. The van der Waals surface area contributed by atoms with Crippen LogP contribution in [0.3, 0.4) is 0 Å². The molecule has 0 saturated heterocycles. The van der Waals surface area contributed by atoms with Gasteiger partial charge in [0.1, 0.15) is 11.2 Å². The van der Waals surface area contributed by atoms with Crippen molar-refractivity contribution < 1.29 is 0 Å². The molecular formula is C15H25N3S. The van der Waals surface area contributed by atoms with E-state index < -0.39 is 0 Å². The number of hydrogen-bond donors (Lipinski definition) is 1. The van der Waals surface area contributed by atoms with Gasteiger partial charge in [0.2, 0.25) is 0 Å². The molecule has 0 aromatic carbocycles. The van der Waals surface area contributed by atoms with Gasteiger partial charge in [-0.15, -0.1) is 0 Å². The maximum absolute atomic E-state index is 4.37. The molecule has 0 atom stereocenters. The van der Waals surface area contributed by atoms with Crippen molar-refractivity contribution in [1.29, 1.82) is 0 Å². The summed E-state index contributed by atoms with van der Waals surface area (Å²) in [6.45, 7) is 11.2. The van der Waals surface area contributed by atoms with Gasteiger partial charge in [0.05, 0.1) is 10.7 Å². The lowest BCUT2D eigenvalue weighted by Gasteiger charge is -2.13. The smallest absolute Gasteiger partial charge is 0.129 e. The first-order valence-electron chi connectivity index (χ1n) is 7.39. The molecule has 0 amide bonds. The van der Waals surface area contributed by atoms with Crippen molar-refractivity contribution in [2.24, 2.45) is 0 Å². The van der Waals surface area contributed by atoms with Crippen molar-refractivity contribution in [3.8, 4) is 0 Å². The minimum absolute atomic E-state index is 0.988. The standard InChI is InChI=1S/C11H13N3S.2C2H6/c1-2-8-9-7-4-3-5-12-10(7)15-11(9)14-6-13-8;2*1-2/h6,12H,2-5H2,1H3;2*1-2H3. The number of anilines is 1. The largest absolute Gasteiger partial charge is 0.377 e. The summed E-state index contributed by atoms with van der Waals surface area (Å²) in [4.78, 5) is 9.88. The van der Waals surface area contributed by atoms with Crippen molar-refractivity contribution in [2.75, 3.05) is 11.9 Å². The van der Waals surface area contributed by atoms with Crippen LogP contribution in [-0.4, -0.2) is 16.5 Å². The van der Waals surface area contributed by atoms with Crippen molar-refractivity contribution in [3.63, 3.8) is 0 Å². The molecule has 2 aromatic heterocycles. The summed E-state index contributed by atoms with van der Waals surface area (Å²) >= 11 is 1.77. The van der Waals surface area contributed by atoms with Gasteiger partial charge in [-0.3, -0.25) is 0 Å². The second-order valence-electron chi connectivity index (χ2n) is 3.79. The van der Waals surface area contributed by atoms with E-state index in [1.807, 2.05) is 27.7 Å². The molecule has 1 aliphatic rings. The van der Waals surface area contributed by atoms with Crippen molar-refractivity contribution in [2.45, 2.75) is 53.9 Å². The minimum Gasteiger partial charge on any atom is -0.377 e. The van der Waals surface area contributed by atoms with Gasteiger partial charge in [-0.05, 0) is 24.8 Å². The van der Waals surface area contributed by atoms with Crippen LogP contribution < -0.4 is 5.32 Å². The first kappa shape index (κ1) is 15.9. The molecule has 0 bridgehead atoms. The minimum atomic E-state index is 0.988. The number of aromatic nitrogens is 2. The summed E-state index contributed by atoms with van der Waals surface area (Å²) in [5, 5.41) is 6.08. The fourth-order valence-corrected chi connectivity index (χ4v) is 3.31.